The number of nitrogens with zero attached hydrogens (tertiary/aromatic N) is 3. The van der Waals surface area contributed by atoms with Gasteiger partial charge in [0.05, 0.1) is 23.1 Å². The lowest BCUT2D eigenvalue weighted by Crippen LogP contribution is -2.36. The molecule has 4 rings (SSSR count). The molecule has 3 aromatic rings. The highest BCUT2D eigenvalue weighted by atomic mass is 16.5. The van der Waals surface area contributed by atoms with E-state index in [4.69, 9.17) is 4.74 Å². The Morgan fingerprint density at radius 3 is 2.85 bits per heavy atom. The number of anilines is 2. The number of aromatic nitrogens is 2. The number of hydrogen-bond acceptors (Lipinski definition) is 6. The van der Waals surface area contributed by atoms with Gasteiger partial charge in [0.1, 0.15) is 24.5 Å². The fourth-order valence-corrected chi connectivity index (χ4v) is 3.10. The maximum atomic E-state index is 12.2. The molecule has 7 heteroatoms. The summed E-state index contributed by atoms with van der Waals surface area (Å²) >= 11 is 0. The van der Waals surface area contributed by atoms with Crippen LogP contribution in [-0.4, -0.2) is 34.1 Å². The number of fused-ring (bicyclic) bond motifs is 3. The Morgan fingerprint density at radius 2 is 2.07 bits per heavy atom. The number of amides is 1. The van der Waals surface area contributed by atoms with Gasteiger partial charge in [0.2, 0.25) is 0 Å². The van der Waals surface area contributed by atoms with Crippen LogP contribution >= 0.6 is 0 Å². The first-order valence-corrected chi connectivity index (χ1v) is 8.53. The summed E-state index contributed by atoms with van der Waals surface area (Å²) in [7, 11) is 0. The van der Waals surface area contributed by atoms with E-state index in [1.54, 1.807) is 17.0 Å². The van der Waals surface area contributed by atoms with Gasteiger partial charge in [0.25, 0.3) is 5.91 Å². The molecule has 27 heavy (non-hydrogen) atoms. The Morgan fingerprint density at radius 1 is 1.26 bits per heavy atom. The number of phenolic OH excluding ortho intramolecular Hbond substituents is 1. The summed E-state index contributed by atoms with van der Waals surface area (Å²) in [6.07, 6.45) is 2.79. The molecule has 0 fully saturated rings. The van der Waals surface area contributed by atoms with Gasteiger partial charge in [-0.3, -0.25) is 4.79 Å². The van der Waals surface area contributed by atoms with Gasteiger partial charge in [-0.2, -0.15) is 0 Å². The standard InChI is InChI=1S/C20H18N4O3/c1-2-17(26)24-9-10-27-19-16(24)8-7-15-18(19)20(23-12-22-15)21-11-13-3-5-14(25)6-4-13/h2-8,12,25H,1,9-11H2,(H,21,22,23). The second-order valence-electron chi connectivity index (χ2n) is 6.09. The van der Waals surface area contributed by atoms with E-state index in [9.17, 15) is 9.90 Å². The summed E-state index contributed by atoms with van der Waals surface area (Å²) in [6.45, 7) is 4.94. The molecule has 0 saturated carbocycles. The predicted octanol–water partition coefficient (Wildman–Crippen LogP) is 2.86. The van der Waals surface area contributed by atoms with Crippen molar-refractivity contribution in [2.75, 3.05) is 23.4 Å². The minimum Gasteiger partial charge on any atom is -0.508 e. The third-order valence-electron chi connectivity index (χ3n) is 4.42. The van der Waals surface area contributed by atoms with Gasteiger partial charge in [-0.1, -0.05) is 18.7 Å². The number of hydrogen-bond donors (Lipinski definition) is 2. The van der Waals surface area contributed by atoms with Gasteiger partial charge in [-0.05, 0) is 35.9 Å². The lowest BCUT2D eigenvalue weighted by atomic mass is 10.1. The lowest BCUT2D eigenvalue weighted by molar-refractivity contribution is -0.114. The molecule has 7 nitrogen and oxygen atoms in total. The van der Waals surface area contributed by atoms with Crippen molar-refractivity contribution in [1.29, 1.82) is 0 Å². The highest BCUT2D eigenvalue weighted by molar-refractivity contribution is 6.07. The van der Waals surface area contributed by atoms with E-state index in [0.29, 0.717) is 37.0 Å². The Bertz CT molecular complexity index is 1020. The molecule has 0 atom stereocenters. The number of nitrogens with one attached hydrogen (secondary N) is 1. The molecular weight excluding hydrogens is 344 g/mol. The predicted molar refractivity (Wildman–Crippen MR) is 103 cm³/mol. The van der Waals surface area contributed by atoms with Crippen LogP contribution < -0.4 is 15.0 Å². The van der Waals surface area contributed by atoms with Crippen molar-refractivity contribution in [1.82, 2.24) is 9.97 Å². The Labute approximate surface area is 155 Å². The second kappa shape index (κ2) is 6.95. The molecular formula is C20H18N4O3. The zero-order valence-electron chi connectivity index (χ0n) is 14.6. The van der Waals surface area contributed by atoms with Gasteiger partial charge in [0, 0.05) is 6.54 Å². The monoisotopic (exact) mass is 362 g/mol. The van der Waals surface area contributed by atoms with Crippen molar-refractivity contribution in [2.45, 2.75) is 6.54 Å². The van der Waals surface area contributed by atoms with Gasteiger partial charge >= 0.3 is 0 Å². The highest BCUT2D eigenvalue weighted by Gasteiger charge is 2.25. The second-order valence-corrected chi connectivity index (χ2v) is 6.09. The molecule has 0 spiro atoms. The van der Waals surface area contributed by atoms with Crippen molar-refractivity contribution in [3.63, 3.8) is 0 Å². The van der Waals surface area contributed by atoms with Crippen LogP contribution in [0, 0.1) is 0 Å². The first-order chi connectivity index (χ1) is 13.2. The van der Waals surface area contributed by atoms with Gasteiger partial charge in [0.15, 0.2) is 5.75 Å². The molecule has 0 aliphatic carbocycles. The van der Waals surface area contributed by atoms with Crippen LogP contribution in [0.5, 0.6) is 11.5 Å². The number of carbonyl (C=O) groups is 1. The first kappa shape index (κ1) is 16.8. The van der Waals surface area contributed by atoms with Crippen LogP contribution in [0.2, 0.25) is 0 Å². The molecule has 0 saturated heterocycles. The maximum absolute atomic E-state index is 12.2. The molecule has 0 bridgehead atoms. The van der Waals surface area contributed by atoms with Crippen LogP contribution in [-0.2, 0) is 11.3 Å². The Hall–Kier alpha value is -3.61. The molecule has 0 unspecified atom stereocenters. The van der Waals surface area contributed by atoms with Crippen LogP contribution in [0.15, 0.2) is 55.4 Å². The lowest BCUT2D eigenvalue weighted by Gasteiger charge is -2.29. The van der Waals surface area contributed by atoms with Crippen molar-refractivity contribution in [2.24, 2.45) is 0 Å². The zero-order valence-corrected chi connectivity index (χ0v) is 14.6. The van der Waals surface area contributed by atoms with Crippen LogP contribution in [0.25, 0.3) is 10.9 Å². The number of benzene rings is 2. The smallest absolute Gasteiger partial charge is 0.250 e. The van der Waals surface area contributed by atoms with Crippen molar-refractivity contribution < 1.29 is 14.6 Å². The van der Waals surface area contributed by atoms with E-state index in [1.807, 2.05) is 24.3 Å². The fourth-order valence-electron chi connectivity index (χ4n) is 3.10. The fraction of sp³-hybridized carbons (Fsp3) is 0.150. The topological polar surface area (TPSA) is 87.6 Å². The van der Waals surface area contributed by atoms with Crippen LogP contribution in [0.1, 0.15) is 5.56 Å². The molecule has 2 aromatic carbocycles. The number of rotatable bonds is 4. The Kier molecular flexibility index (Phi) is 4.33. The summed E-state index contributed by atoms with van der Waals surface area (Å²) in [5.41, 5.74) is 2.40. The summed E-state index contributed by atoms with van der Waals surface area (Å²) < 4.78 is 5.89. The van der Waals surface area contributed by atoms with Crippen molar-refractivity contribution in [3.05, 3.63) is 60.9 Å². The van der Waals surface area contributed by atoms with E-state index >= 15 is 0 Å². The molecule has 1 aromatic heterocycles. The third kappa shape index (κ3) is 3.15. The van der Waals surface area contributed by atoms with Crippen molar-refractivity contribution >= 4 is 28.3 Å². The average Bonchev–Trinajstić information content (AvgIpc) is 2.72. The van der Waals surface area contributed by atoms with Crippen LogP contribution in [0.3, 0.4) is 0 Å². The molecule has 136 valence electrons. The van der Waals surface area contributed by atoms with E-state index in [0.717, 1.165) is 16.5 Å². The van der Waals surface area contributed by atoms with E-state index in [2.05, 4.69) is 21.9 Å². The normalized spacial score (nSPS) is 13.0. The zero-order chi connectivity index (χ0) is 18.8. The summed E-state index contributed by atoms with van der Waals surface area (Å²) in [5.74, 6) is 1.26. The molecule has 2 heterocycles. The first-order valence-electron chi connectivity index (χ1n) is 8.53. The van der Waals surface area contributed by atoms with Gasteiger partial charge < -0.3 is 20.1 Å². The number of ether oxygens (including phenoxy) is 1. The number of carbonyl (C=O) groups excluding carboxylic acids is 1. The average molecular weight is 362 g/mol. The van der Waals surface area contributed by atoms with Gasteiger partial charge in [-0.15, -0.1) is 0 Å². The molecule has 1 amide bonds. The minimum absolute atomic E-state index is 0.172. The Balaban J connectivity index is 1.74. The molecule has 2 N–H and O–H groups in total. The number of phenols is 1. The molecule has 0 radical (unpaired) electrons. The summed E-state index contributed by atoms with van der Waals surface area (Å²) in [6, 6.07) is 10.6. The third-order valence-corrected chi connectivity index (χ3v) is 4.42. The van der Waals surface area contributed by atoms with E-state index < -0.39 is 0 Å². The maximum Gasteiger partial charge on any atom is 0.250 e. The van der Waals surface area contributed by atoms with E-state index in [1.165, 1.54) is 12.4 Å². The largest absolute Gasteiger partial charge is 0.508 e. The summed E-state index contributed by atoms with van der Waals surface area (Å²) in [5, 5.41) is 13.4. The molecule has 1 aliphatic rings. The highest BCUT2D eigenvalue weighted by Crippen LogP contribution is 2.40. The van der Waals surface area contributed by atoms with E-state index in [-0.39, 0.29) is 11.7 Å². The summed E-state index contributed by atoms with van der Waals surface area (Å²) in [4.78, 5) is 22.5. The SMILES string of the molecule is C=CC(=O)N1CCOc2c1ccc1ncnc(NCc3ccc(O)cc3)c21. The molecule has 1 aliphatic heterocycles. The number of aromatic hydroxyl groups is 1. The minimum atomic E-state index is -0.172. The van der Waals surface area contributed by atoms with Crippen LogP contribution in [0.4, 0.5) is 11.5 Å². The van der Waals surface area contributed by atoms with Crippen molar-refractivity contribution in [3.8, 4) is 11.5 Å². The quantitative estimate of drug-likeness (QED) is 0.694. The van der Waals surface area contributed by atoms with Gasteiger partial charge in [-0.25, -0.2) is 9.97 Å².